The number of pyridine rings is 1. The van der Waals surface area contributed by atoms with Crippen molar-refractivity contribution in [1.29, 1.82) is 0 Å². The van der Waals surface area contributed by atoms with E-state index in [-0.39, 0.29) is 17.8 Å². The molecule has 0 saturated carbocycles. The minimum absolute atomic E-state index is 0.0646. The second kappa shape index (κ2) is 10.7. The third-order valence-corrected chi connectivity index (χ3v) is 6.16. The quantitative estimate of drug-likeness (QED) is 0.425. The highest BCUT2D eigenvalue weighted by Crippen LogP contribution is 2.30. The van der Waals surface area contributed by atoms with Crippen LogP contribution >= 0.6 is 12.2 Å². The van der Waals surface area contributed by atoms with Crippen molar-refractivity contribution in [3.63, 3.8) is 0 Å². The average molecular weight is 445 g/mol. The van der Waals surface area contributed by atoms with Crippen LogP contribution in [-0.2, 0) is 9.53 Å². The Labute approximate surface area is 189 Å². The van der Waals surface area contributed by atoms with Gasteiger partial charge in [-0.3, -0.25) is 9.78 Å². The van der Waals surface area contributed by atoms with Gasteiger partial charge in [-0.1, -0.05) is 12.2 Å². The molecule has 0 bridgehead atoms. The molecule has 1 aromatic heterocycles. The molecule has 0 aliphatic carbocycles. The molecule has 0 spiro atoms. The van der Waals surface area contributed by atoms with Crippen molar-refractivity contribution in [3.05, 3.63) is 41.2 Å². The van der Waals surface area contributed by atoms with Gasteiger partial charge in [-0.2, -0.15) is 0 Å². The van der Waals surface area contributed by atoms with E-state index in [0.29, 0.717) is 18.3 Å². The van der Waals surface area contributed by atoms with Crippen molar-refractivity contribution in [3.8, 4) is 0 Å². The van der Waals surface area contributed by atoms with E-state index in [0.717, 1.165) is 55.8 Å². The Kier molecular flexibility index (Phi) is 8.01. The molecule has 1 unspecified atom stereocenters. The molecule has 7 nitrogen and oxygen atoms in total. The monoisotopic (exact) mass is 444 g/mol. The van der Waals surface area contributed by atoms with Gasteiger partial charge >= 0.3 is 5.97 Å². The van der Waals surface area contributed by atoms with Crippen LogP contribution in [0.2, 0.25) is 0 Å². The number of thiocarbonyl (C=S) groups is 1. The van der Waals surface area contributed by atoms with Gasteiger partial charge in [0.2, 0.25) is 0 Å². The average Bonchev–Trinajstić information content (AvgIpc) is 2.79. The Morgan fingerprint density at radius 2 is 1.97 bits per heavy atom. The van der Waals surface area contributed by atoms with E-state index in [1.165, 1.54) is 0 Å². The van der Waals surface area contributed by atoms with Crippen molar-refractivity contribution >= 4 is 29.2 Å². The van der Waals surface area contributed by atoms with Gasteiger partial charge in [0, 0.05) is 37.8 Å². The first-order valence-electron chi connectivity index (χ1n) is 11.0. The van der Waals surface area contributed by atoms with Crippen LogP contribution < -0.4 is 5.32 Å². The lowest BCUT2D eigenvalue weighted by Gasteiger charge is -2.35. The number of aromatic nitrogens is 1. The number of rotatable bonds is 5. The summed E-state index contributed by atoms with van der Waals surface area (Å²) in [7, 11) is 0. The lowest BCUT2D eigenvalue weighted by Crippen LogP contribution is -2.49. The zero-order valence-electron chi connectivity index (χ0n) is 18.6. The number of ether oxygens (including phenoxy) is 1. The van der Waals surface area contributed by atoms with Crippen LogP contribution in [0.1, 0.15) is 60.8 Å². The summed E-state index contributed by atoms with van der Waals surface area (Å²) in [5.41, 5.74) is 2.54. The number of amides is 1. The number of esters is 1. The smallest absolute Gasteiger partial charge is 0.328 e. The van der Waals surface area contributed by atoms with E-state index in [1.54, 1.807) is 13.8 Å². The fraction of sp³-hybridized carbons (Fsp3) is 0.565. The summed E-state index contributed by atoms with van der Waals surface area (Å²) in [6.45, 7) is 8.76. The summed E-state index contributed by atoms with van der Waals surface area (Å²) in [5.74, 6) is -0.0325. The molecule has 1 amide bonds. The highest BCUT2D eigenvalue weighted by Gasteiger charge is 2.29. The molecule has 1 atom stereocenters. The van der Waals surface area contributed by atoms with Crippen LogP contribution in [0.3, 0.4) is 0 Å². The Bertz CT molecular complexity index is 849. The molecule has 0 aromatic carbocycles. The lowest BCUT2D eigenvalue weighted by molar-refractivity contribution is -0.144. The molecule has 0 radical (unpaired) electrons. The highest BCUT2D eigenvalue weighted by atomic mass is 32.1. The predicted molar refractivity (Wildman–Crippen MR) is 124 cm³/mol. The molecule has 8 heteroatoms. The number of carbonyl (C=O) groups is 2. The molecule has 1 fully saturated rings. The summed E-state index contributed by atoms with van der Waals surface area (Å²) in [6.07, 6.45) is 6.77. The minimum atomic E-state index is -0.480. The van der Waals surface area contributed by atoms with Gasteiger partial charge in [0.25, 0.3) is 5.91 Å². The fourth-order valence-electron chi connectivity index (χ4n) is 4.02. The van der Waals surface area contributed by atoms with E-state index >= 15 is 0 Å². The van der Waals surface area contributed by atoms with Crippen molar-refractivity contribution in [2.24, 2.45) is 0 Å². The van der Waals surface area contributed by atoms with Crippen LogP contribution in [0, 0.1) is 6.92 Å². The molecule has 31 heavy (non-hydrogen) atoms. The van der Waals surface area contributed by atoms with Gasteiger partial charge in [0.15, 0.2) is 5.11 Å². The first kappa shape index (κ1) is 23.2. The minimum Gasteiger partial charge on any atom is -0.464 e. The van der Waals surface area contributed by atoms with Gasteiger partial charge in [-0.15, -0.1) is 0 Å². The summed E-state index contributed by atoms with van der Waals surface area (Å²) >= 11 is 5.51. The van der Waals surface area contributed by atoms with Crippen LogP contribution in [0.15, 0.2) is 24.3 Å². The second-order valence-electron chi connectivity index (χ2n) is 8.08. The number of likely N-dealkylation sites (tertiary alicyclic amines) is 1. The molecular weight excluding hydrogens is 412 g/mol. The molecule has 2 aliphatic heterocycles. The molecule has 1 N–H and O–H groups in total. The normalized spacial score (nSPS) is 17.9. The van der Waals surface area contributed by atoms with Crippen molar-refractivity contribution in [1.82, 2.24) is 20.1 Å². The summed E-state index contributed by atoms with van der Waals surface area (Å²) in [4.78, 5) is 33.8. The molecular formula is C23H32N4O3S. The van der Waals surface area contributed by atoms with E-state index in [9.17, 15) is 9.59 Å². The van der Waals surface area contributed by atoms with Gasteiger partial charge < -0.3 is 19.9 Å². The van der Waals surface area contributed by atoms with E-state index < -0.39 is 6.04 Å². The second-order valence-corrected chi connectivity index (χ2v) is 8.47. The Morgan fingerprint density at radius 1 is 1.23 bits per heavy atom. The molecule has 1 aromatic rings. The van der Waals surface area contributed by atoms with E-state index in [2.05, 4.69) is 16.3 Å². The third kappa shape index (κ3) is 5.81. The van der Waals surface area contributed by atoms with Crippen molar-refractivity contribution < 1.29 is 14.3 Å². The summed E-state index contributed by atoms with van der Waals surface area (Å²) in [5, 5.41) is 3.63. The molecule has 3 heterocycles. The van der Waals surface area contributed by atoms with Crippen molar-refractivity contribution in [2.75, 3.05) is 32.8 Å². The lowest BCUT2D eigenvalue weighted by atomic mass is 9.89. The maximum atomic E-state index is 13.2. The van der Waals surface area contributed by atoms with E-state index in [1.807, 2.05) is 30.0 Å². The van der Waals surface area contributed by atoms with Gasteiger partial charge in [0.1, 0.15) is 6.04 Å². The molecule has 2 aliphatic rings. The van der Waals surface area contributed by atoms with Gasteiger partial charge in [-0.05, 0) is 64.4 Å². The first-order valence-corrected chi connectivity index (χ1v) is 11.5. The third-order valence-electron chi connectivity index (χ3n) is 5.79. The highest BCUT2D eigenvalue weighted by molar-refractivity contribution is 7.80. The Morgan fingerprint density at radius 3 is 2.61 bits per heavy atom. The SMILES string of the molecule is CCOC(=O)C(C)NC(=S)N1CCC(c2nc(C)ccc2C(=O)N2CC=CCC2)CC1. The maximum Gasteiger partial charge on any atom is 0.328 e. The van der Waals surface area contributed by atoms with Crippen LogP contribution in [-0.4, -0.2) is 70.6 Å². The number of hydrogen-bond acceptors (Lipinski definition) is 5. The summed E-state index contributed by atoms with van der Waals surface area (Å²) in [6, 6.07) is 3.37. The maximum absolute atomic E-state index is 13.2. The summed E-state index contributed by atoms with van der Waals surface area (Å²) < 4.78 is 5.04. The van der Waals surface area contributed by atoms with Crippen LogP contribution in [0.25, 0.3) is 0 Å². The zero-order chi connectivity index (χ0) is 22.4. The van der Waals surface area contributed by atoms with Gasteiger partial charge in [0.05, 0.1) is 17.9 Å². The number of piperidine rings is 1. The molecule has 168 valence electrons. The Balaban J connectivity index is 1.64. The van der Waals surface area contributed by atoms with Crippen LogP contribution in [0.4, 0.5) is 0 Å². The van der Waals surface area contributed by atoms with Crippen LogP contribution in [0.5, 0.6) is 0 Å². The zero-order valence-corrected chi connectivity index (χ0v) is 19.4. The van der Waals surface area contributed by atoms with Crippen molar-refractivity contribution in [2.45, 2.75) is 52.0 Å². The molecule has 1 saturated heterocycles. The number of hydrogen-bond donors (Lipinski definition) is 1. The predicted octanol–water partition coefficient (Wildman–Crippen LogP) is 2.80. The Hall–Kier alpha value is -2.48. The topological polar surface area (TPSA) is 74.8 Å². The number of nitrogens with zero attached hydrogens (tertiary/aromatic N) is 3. The van der Waals surface area contributed by atoms with Gasteiger partial charge in [-0.25, -0.2) is 4.79 Å². The van der Waals surface area contributed by atoms with E-state index in [4.69, 9.17) is 21.9 Å². The number of aryl methyl sites for hydroxylation is 1. The first-order chi connectivity index (χ1) is 14.9. The standard InChI is InChI=1S/C23H32N4O3S/c1-4-30-22(29)17(3)25-23(31)27-14-10-18(11-15-27)20-19(9-8-16(2)24-20)21(28)26-12-6-5-7-13-26/h5-6,8-9,17-18H,4,7,10-15H2,1-3H3,(H,25,31). The largest absolute Gasteiger partial charge is 0.464 e. The number of carbonyl (C=O) groups excluding carboxylic acids is 2. The fourth-order valence-corrected chi connectivity index (χ4v) is 4.38. The number of nitrogens with one attached hydrogen (secondary N) is 1. The molecule has 3 rings (SSSR count).